The van der Waals surface area contributed by atoms with E-state index in [1.807, 2.05) is 6.07 Å². The minimum absolute atomic E-state index is 0.0792. The summed E-state index contributed by atoms with van der Waals surface area (Å²) >= 11 is 1.53. The maximum absolute atomic E-state index is 12.1. The van der Waals surface area contributed by atoms with Gasteiger partial charge in [0, 0.05) is 11.4 Å². The predicted molar refractivity (Wildman–Crippen MR) is 85.5 cm³/mol. The van der Waals surface area contributed by atoms with Crippen molar-refractivity contribution >= 4 is 17.2 Å². The third-order valence-electron chi connectivity index (χ3n) is 3.24. The molecule has 0 aliphatic heterocycles. The molecule has 0 aliphatic carbocycles. The van der Waals surface area contributed by atoms with Crippen molar-refractivity contribution < 1.29 is 9.90 Å². The molecule has 4 heteroatoms. The molecular formula is C16H27NO2S. The molecule has 0 saturated carbocycles. The lowest BCUT2D eigenvalue weighted by Gasteiger charge is -2.25. The number of carbonyl (C=O) groups is 1. The second-order valence-electron chi connectivity index (χ2n) is 6.22. The van der Waals surface area contributed by atoms with Gasteiger partial charge >= 0.3 is 0 Å². The topological polar surface area (TPSA) is 49.3 Å². The van der Waals surface area contributed by atoms with Gasteiger partial charge in [-0.25, -0.2) is 0 Å². The Kier molecular flexibility index (Phi) is 6.21. The normalized spacial score (nSPS) is 14.3. The Morgan fingerprint density at radius 2 is 2.15 bits per heavy atom. The Bertz CT molecular complexity index is 449. The van der Waals surface area contributed by atoms with E-state index < -0.39 is 5.60 Å². The third-order valence-corrected chi connectivity index (χ3v) is 4.33. The molecule has 0 aliphatic rings. The van der Waals surface area contributed by atoms with Crippen LogP contribution in [-0.2, 0) is 6.42 Å². The van der Waals surface area contributed by atoms with Crippen LogP contribution in [0.25, 0.3) is 0 Å². The van der Waals surface area contributed by atoms with E-state index in [4.69, 9.17) is 0 Å². The fraction of sp³-hybridized carbons (Fsp3) is 0.688. The Balaban J connectivity index is 2.61. The van der Waals surface area contributed by atoms with Gasteiger partial charge in [0.05, 0.1) is 10.5 Å². The van der Waals surface area contributed by atoms with Gasteiger partial charge in [0.1, 0.15) is 0 Å². The molecule has 1 amide bonds. The zero-order valence-corrected chi connectivity index (χ0v) is 14.1. The second kappa shape index (κ2) is 7.23. The zero-order valence-electron chi connectivity index (χ0n) is 13.2. The molecular weight excluding hydrogens is 270 g/mol. The van der Waals surface area contributed by atoms with Crippen LogP contribution < -0.4 is 5.32 Å². The summed E-state index contributed by atoms with van der Waals surface area (Å²) in [4.78, 5) is 14.1. The van der Waals surface area contributed by atoms with Crippen molar-refractivity contribution in [1.29, 1.82) is 0 Å². The van der Waals surface area contributed by atoms with E-state index in [-0.39, 0.29) is 5.91 Å². The number of aryl methyl sites for hydroxylation is 2. The van der Waals surface area contributed by atoms with E-state index >= 15 is 0 Å². The van der Waals surface area contributed by atoms with Gasteiger partial charge in [0.25, 0.3) is 5.91 Å². The fourth-order valence-electron chi connectivity index (χ4n) is 2.46. The summed E-state index contributed by atoms with van der Waals surface area (Å²) < 4.78 is 0. The van der Waals surface area contributed by atoms with Crippen LogP contribution in [0.15, 0.2) is 6.07 Å². The molecule has 0 spiro atoms. The van der Waals surface area contributed by atoms with Crippen molar-refractivity contribution in [2.24, 2.45) is 5.92 Å². The lowest BCUT2D eigenvalue weighted by atomic mass is 9.94. The van der Waals surface area contributed by atoms with Crippen LogP contribution >= 0.6 is 11.3 Å². The van der Waals surface area contributed by atoms with Gasteiger partial charge in [0.15, 0.2) is 0 Å². The molecule has 20 heavy (non-hydrogen) atoms. The predicted octanol–water partition coefficient (Wildman–Crippen LogP) is 3.54. The van der Waals surface area contributed by atoms with Gasteiger partial charge in [-0.2, -0.15) is 0 Å². The standard InChI is InChI=1S/C16H27NO2S/c1-6-7-13-8-14(20-12(13)4)15(18)17-10-16(5,19)9-11(2)3/h8,11,19H,6-7,9-10H2,1-5H3,(H,17,18). The van der Waals surface area contributed by atoms with Gasteiger partial charge in [-0.15, -0.1) is 11.3 Å². The quantitative estimate of drug-likeness (QED) is 0.809. The highest BCUT2D eigenvalue weighted by molar-refractivity contribution is 7.14. The first-order valence-electron chi connectivity index (χ1n) is 7.35. The molecule has 1 aromatic heterocycles. The number of rotatable bonds is 7. The van der Waals surface area contributed by atoms with Crippen molar-refractivity contribution in [3.63, 3.8) is 0 Å². The summed E-state index contributed by atoms with van der Waals surface area (Å²) in [5.74, 6) is 0.325. The van der Waals surface area contributed by atoms with Gasteiger partial charge in [-0.3, -0.25) is 4.79 Å². The van der Waals surface area contributed by atoms with E-state index in [0.29, 0.717) is 18.9 Å². The van der Waals surface area contributed by atoms with Crippen LogP contribution in [0, 0.1) is 12.8 Å². The summed E-state index contributed by atoms with van der Waals surface area (Å²) in [6.07, 6.45) is 2.78. The Morgan fingerprint density at radius 3 is 2.70 bits per heavy atom. The van der Waals surface area contributed by atoms with E-state index in [0.717, 1.165) is 17.7 Å². The van der Waals surface area contributed by atoms with Crippen molar-refractivity contribution in [1.82, 2.24) is 5.32 Å². The van der Waals surface area contributed by atoms with Crippen molar-refractivity contribution in [3.05, 3.63) is 21.4 Å². The van der Waals surface area contributed by atoms with Crippen LogP contribution in [0.3, 0.4) is 0 Å². The van der Waals surface area contributed by atoms with Gasteiger partial charge in [-0.1, -0.05) is 27.2 Å². The Hall–Kier alpha value is -0.870. The zero-order chi connectivity index (χ0) is 15.3. The first-order chi connectivity index (χ1) is 9.25. The van der Waals surface area contributed by atoms with E-state index in [1.165, 1.54) is 21.8 Å². The van der Waals surface area contributed by atoms with Crippen molar-refractivity contribution in [3.8, 4) is 0 Å². The molecule has 0 fully saturated rings. The number of carbonyl (C=O) groups excluding carboxylic acids is 1. The van der Waals surface area contributed by atoms with Gasteiger partial charge in [0.2, 0.25) is 0 Å². The summed E-state index contributed by atoms with van der Waals surface area (Å²) in [7, 11) is 0. The van der Waals surface area contributed by atoms with Crippen LogP contribution in [0.4, 0.5) is 0 Å². The average molecular weight is 297 g/mol. The molecule has 1 rings (SSSR count). The number of nitrogens with one attached hydrogen (secondary N) is 1. The Morgan fingerprint density at radius 1 is 1.50 bits per heavy atom. The summed E-state index contributed by atoms with van der Waals surface area (Å²) in [6, 6.07) is 1.98. The van der Waals surface area contributed by atoms with E-state index in [9.17, 15) is 9.90 Å². The van der Waals surface area contributed by atoms with Gasteiger partial charge < -0.3 is 10.4 Å². The number of amides is 1. The highest BCUT2D eigenvalue weighted by Gasteiger charge is 2.23. The number of aliphatic hydroxyl groups is 1. The Labute approximate surface area is 126 Å². The van der Waals surface area contributed by atoms with Gasteiger partial charge in [-0.05, 0) is 44.2 Å². The highest BCUT2D eigenvalue weighted by Crippen LogP contribution is 2.23. The van der Waals surface area contributed by atoms with Crippen molar-refractivity contribution in [2.75, 3.05) is 6.54 Å². The molecule has 114 valence electrons. The number of hydrogen-bond donors (Lipinski definition) is 2. The minimum atomic E-state index is -0.845. The first-order valence-corrected chi connectivity index (χ1v) is 8.16. The largest absolute Gasteiger partial charge is 0.388 e. The fourth-order valence-corrected chi connectivity index (χ4v) is 3.45. The van der Waals surface area contributed by atoms with Crippen LogP contribution in [0.5, 0.6) is 0 Å². The molecule has 0 aromatic carbocycles. The maximum Gasteiger partial charge on any atom is 0.261 e. The first kappa shape index (κ1) is 17.2. The number of hydrogen-bond acceptors (Lipinski definition) is 3. The van der Waals surface area contributed by atoms with Crippen LogP contribution in [0.1, 0.15) is 60.6 Å². The summed E-state index contributed by atoms with van der Waals surface area (Å²) in [6.45, 7) is 10.4. The monoisotopic (exact) mass is 297 g/mol. The SMILES string of the molecule is CCCc1cc(C(=O)NCC(C)(O)CC(C)C)sc1C. The summed E-state index contributed by atoms with van der Waals surface area (Å²) in [5.41, 5.74) is 0.416. The lowest BCUT2D eigenvalue weighted by Crippen LogP contribution is -2.41. The van der Waals surface area contributed by atoms with E-state index in [1.54, 1.807) is 6.92 Å². The lowest BCUT2D eigenvalue weighted by molar-refractivity contribution is 0.0369. The molecule has 3 nitrogen and oxygen atoms in total. The summed E-state index contributed by atoms with van der Waals surface area (Å²) in [5, 5.41) is 13.1. The third kappa shape index (κ3) is 5.25. The molecule has 1 aromatic rings. The molecule has 1 unspecified atom stereocenters. The second-order valence-corrected chi connectivity index (χ2v) is 7.48. The van der Waals surface area contributed by atoms with Crippen LogP contribution in [-0.4, -0.2) is 23.2 Å². The molecule has 1 heterocycles. The molecule has 0 radical (unpaired) electrons. The molecule has 1 atom stereocenters. The minimum Gasteiger partial charge on any atom is -0.388 e. The maximum atomic E-state index is 12.1. The smallest absolute Gasteiger partial charge is 0.261 e. The highest BCUT2D eigenvalue weighted by atomic mass is 32.1. The average Bonchev–Trinajstić information content (AvgIpc) is 2.67. The molecule has 0 saturated heterocycles. The van der Waals surface area contributed by atoms with Crippen molar-refractivity contribution in [2.45, 2.75) is 59.5 Å². The van der Waals surface area contributed by atoms with Crippen LogP contribution in [0.2, 0.25) is 0 Å². The number of thiophene rings is 1. The van der Waals surface area contributed by atoms with E-state index in [2.05, 4.69) is 33.0 Å². The molecule has 2 N–H and O–H groups in total. The molecule has 0 bridgehead atoms.